The van der Waals surface area contributed by atoms with Gasteiger partial charge in [-0.2, -0.15) is 0 Å². The molecule has 0 unspecified atom stereocenters. The molecule has 0 saturated carbocycles. The average molecular weight is 282 g/mol. The Balaban J connectivity index is 2.17. The second-order valence-corrected chi connectivity index (χ2v) is 6.12. The van der Waals surface area contributed by atoms with Crippen LogP contribution in [0.3, 0.4) is 0 Å². The fraction of sp³-hybridized carbons (Fsp3) is 0.471. The molecule has 1 N–H and O–H groups in total. The van der Waals surface area contributed by atoms with Crippen molar-refractivity contribution >= 4 is 0 Å². The van der Waals surface area contributed by atoms with Crippen molar-refractivity contribution in [1.29, 1.82) is 0 Å². The van der Waals surface area contributed by atoms with E-state index in [9.17, 15) is 0 Å². The van der Waals surface area contributed by atoms with Crippen molar-refractivity contribution < 1.29 is 0 Å². The first-order valence-corrected chi connectivity index (χ1v) is 7.60. The molecule has 21 heavy (non-hydrogen) atoms. The summed E-state index contributed by atoms with van der Waals surface area (Å²) in [5.74, 6) is 1.17. The maximum Gasteiger partial charge on any atom is 0.178 e. The number of fused-ring (bicyclic) bond motifs is 1. The van der Waals surface area contributed by atoms with E-state index in [-0.39, 0.29) is 0 Å². The zero-order chi connectivity index (χ0) is 15.0. The lowest BCUT2D eigenvalue weighted by atomic mass is 9.97. The maximum atomic E-state index is 4.84. The van der Waals surface area contributed by atoms with Gasteiger partial charge in [0.25, 0.3) is 0 Å². The molecule has 0 fully saturated rings. The van der Waals surface area contributed by atoms with Crippen LogP contribution < -0.4 is 5.32 Å². The van der Waals surface area contributed by atoms with Crippen molar-refractivity contribution in [2.24, 2.45) is 0 Å². The van der Waals surface area contributed by atoms with Crippen molar-refractivity contribution in [2.45, 2.75) is 46.6 Å². The van der Waals surface area contributed by atoms with Crippen molar-refractivity contribution in [2.75, 3.05) is 6.54 Å². The number of pyridine rings is 1. The van der Waals surface area contributed by atoms with Gasteiger partial charge in [0, 0.05) is 12.7 Å². The molecular formula is C17H22N4. The summed E-state index contributed by atoms with van der Waals surface area (Å²) in [6.07, 6.45) is 2.90. The Morgan fingerprint density at radius 1 is 1.19 bits per heavy atom. The van der Waals surface area contributed by atoms with Gasteiger partial charge in [0.1, 0.15) is 5.69 Å². The van der Waals surface area contributed by atoms with Crippen LogP contribution in [0.15, 0.2) is 12.3 Å². The van der Waals surface area contributed by atoms with Crippen LogP contribution in [0.2, 0.25) is 0 Å². The highest BCUT2D eigenvalue weighted by Gasteiger charge is 2.20. The molecule has 4 heteroatoms. The molecule has 0 saturated heterocycles. The van der Waals surface area contributed by atoms with Crippen molar-refractivity contribution in [3.63, 3.8) is 0 Å². The molecule has 0 aliphatic carbocycles. The highest BCUT2D eigenvalue weighted by Crippen LogP contribution is 2.26. The minimum atomic E-state index is 0.407. The Morgan fingerprint density at radius 2 is 2.00 bits per heavy atom. The van der Waals surface area contributed by atoms with Crippen molar-refractivity contribution in [3.8, 4) is 11.5 Å². The fourth-order valence-electron chi connectivity index (χ4n) is 2.92. The van der Waals surface area contributed by atoms with Crippen LogP contribution in [-0.2, 0) is 13.0 Å². The van der Waals surface area contributed by atoms with Gasteiger partial charge in [-0.15, -0.1) is 0 Å². The summed E-state index contributed by atoms with van der Waals surface area (Å²) in [6.45, 7) is 10.4. The molecule has 110 valence electrons. The van der Waals surface area contributed by atoms with Crippen LogP contribution in [-0.4, -0.2) is 21.5 Å². The molecule has 3 heterocycles. The largest absolute Gasteiger partial charge is 0.311 e. The summed E-state index contributed by atoms with van der Waals surface area (Å²) in [4.78, 5) is 14.2. The standard InChI is InChI=1S/C17H22N4/c1-10(2)15-13-5-6-18-9-14(13)20-17(21-15)16-12(4)7-11(3)8-19-16/h7-8,10,18H,5-6,9H2,1-4H3. The molecule has 0 radical (unpaired) electrons. The quantitative estimate of drug-likeness (QED) is 0.920. The summed E-state index contributed by atoms with van der Waals surface area (Å²) in [7, 11) is 0. The zero-order valence-electron chi connectivity index (χ0n) is 13.2. The van der Waals surface area contributed by atoms with Gasteiger partial charge >= 0.3 is 0 Å². The monoisotopic (exact) mass is 282 g/mol. The molecule has 0 amide bonds. The molecule has 0 bridgehead atoms. The number of aromatic nitrogens is 3. The van der Waals surface area contributed by atoms with Crippen LogP contribution in [0, 0.1) is 13.8 Å². The SMILES string of the molecule is Cc1cnc(-c2nc3c(c(C(C)C)n2)CCNC3)c(C)c1. The second-order valence-electron chi connectivity index (χ2n) is 6.12. The summed E-state index contributed by atoms with van der Waals surface area (Å²) < 4.78 is 0. The van der Waals surface area contributed by atoms with Gasteiger partial charge in [-0.05, 0) is 49.4 Å². The van der Waals surface area contributed by atoms with E-state index in [0.717, 1.165) is 42.3 Å². The number of nitrogens with one attached hydrogen (secondary N) is 1. The van der Waals surface area contributed by atoms with Gasteiger partial charge in [-0.1, -0.05) is 19.9 Å². The average Bonchev–Trinajstić information content (AvgIpc) is 2.46. The molecule has 0 spiro atoms. The Morgan fingerprint density at radius 3 is 2.71 bits per heavy atom. The fourth-order valence-corrected chi connectivity index (χ4v) is 2.92. The van der Waals surface area contributed by atoms with Crippen LogP contribution in [0.5, 0.6) is 0 Å². The van der Waals surface area contributed by atoms with Crippen LogP contribution in [0.4, 0.5) is 0 Å². The van der Waals surface area contributed by atoms with E-state index in [1.807, 2.05) is 6.20 Å². The zero-order valence-corrected chi connectivity index (χ0v) is 13.2. The van der Waals surface area contributed by atoms with Gasteiger partial charge in [0.05, 0.1) is 11.4 Å². The van der Waals surface area contributed by atoms with E-state index in [1.165, 1.54) is 16.8 Å². The summed E-state index contributed by atoms with van der Waals surface area (Å²) in [6, 6.07) is 2.14. The van der Waals surface area contributed by atoms with E-state index in [1.54, 1.807) is 0 Å². The highest BCUT2D eigenvalue weighted by atomic mass is 15.0. The van der Waals surface area contributed by atoms with Crippen molar-refractivity contribution in [1.82, 2.24) is 20.3 Å². The molecule has 3 rings (SSSR count). The summed E-state index contributed by atoms with van der Waals surface area (Å²) in [5.41, 5.74) is 6.84. The Labute approximate surface area is 126 Å². The van der Waals surface area contributed by atoms with Crippen LogP contribution in [0.25, 0.3) is 11.5 Å². The Bertz CT molecular complexity index is 677. The predicted molar refractivity (Wildman–Crippen MR) is 84.2 cm³/mol. The van der Waals surface area contributed by atoms with Gasteiger partial charge in [-0.3, -0.25) is 4.98 Å². The molecule has 4 nitrogen and oxygen atoms in total. The molecular weight excluding hydrogens is 260 g/mol. The minimum Gasteiger partial charge on any atom is -0.311 e. The van der Waals surface area contributed by atoms with Crippen molar-refractivity contribution in [3.05, 3.63) is 40.3 Å². The van der Waals surface area contributed by atoms with Gasteiger partial charge < -0.3 is 5.32 Å². The number of hydrogen-bond donors (Lipinski definition) is 1. The first kappa shape index (κ1) is 14.1. The molecule has 2 aromatic heterocycles. The lowest BCUT2D eigenvalue weighted by molar-refractivity contribution is 0.609. The van der Waals surface area contributed by atoms with Crippen LogP contribution >= 0.6 is 0 Å². The molecule has 0 atom stereocenters. The third kappa shape index (κ3) is 2.68. The molecule has 2 aromatic rings. The third-order valence-corrected chi connectivity index (χ3v) is 3.94. The molecule has 0 aromatic carbocycles. The molecule has 1 aliphatic heterocycles. The van der Waals surface area contributed by atoms with Gasteiger partial charge in [-0.25, -0.2) is 9.97 Å². The minimum absolute atomic E-state index is 0.407. The van der Waals surface area contributed by atoms with E-state index in [4.69, 9.17) is 9.97 Å². The lowest BCUT2D eigenvalue weighted by Crippen LogP contribution is -2.27. The van der Waals surface area contributed by atoms with Crippen LogP contribution in [0.1, 0.15) is 47.8 Å². The number of nitrogens with zero attached hydrogens (tertiary/aromatic N) is 3. The number of aryl methyl sites for hydroxylation is 2. The Hall–Kier alpha value is -1.81. The maximum absolute atomic E-state index is 4.84. The van der Waals surface area contributed by atoms with E-state index in [0.29, 0.717) is 5.92 Å². The normalized spacial score (nSPS) is 14.3. The van der Waals surface area contributed by atoms with Gasteiger partial charge in [0.2, 0.25) is 0 Å². The Kier molecular flexibility index (Phi) is 3.72. The summed E-state index contributed by atoms with van der Waals surface area (Å²) >= 11 is 0. The smallest absolute Gasteiger partial charge is 0.178 e. The third-order valence-electron chi connectivity index (χ3n) is 3.94. The summed E-state index contributed by atoms with van der Waals surface area (Å²) in [5, 5.41) is 3.40. The topological polar surface area (TPSA) is 50.7 Å². The van der Waals surface area contributed by atoms with E-state index >= 15 is 0 Å². The van der Waals surface area contributed by atoms with E-state index in [2.05, 4.69) is 44.1 Å². The number of rotatable bonds is 2. The molecule has 1 aliphatic rings. The highest BCUT2D eigenvalue weighted by molar-refractivity contribution is 5.56. The first-order chi connectivity index (χ1) is 10.1. The lowest BCUT2D eigenvalue weighted by Gasteiger charge is -2.21. The first-order valence-electron chi connectivity index (χ1n) is 7.60. The second kappa shape index (κ2) is 5.53. The van der Waals surface area contributed by atoms with Gasteiger partial charge in [0.15, 0.2) is 5.82 Å². The van der Waals surface area contributed by atoms with E-state index < -0.39 is 0 Å². The number of hydrogen-bond acceptors (Lipinski definition) is 4. The predicted octanol–water partition coefficient (Wildman–Crippen LogP) is 2.92.